The Morgan fingerprint density at radius 3 is 2.90 bits per heavy atom. The van der Waals surface area contributed by atoms with Crippen molar-refractivity contribution in [2.75, 3.05) is 25.5 Å². The number of aromatic amines is 1. The lowest BCUT2D eigenvalue weighted by atomic mass is 9.91. The maximum absolute atomic E-state index is 5.33. The van der Waals surface area contributed by atoms with Gasteiger partial charge >= 0.3 is 0 Å². The van der Waals surface area contributed by atoms with Gasteiger partial charge in [0, 0.05) is 36.7 Å². The number of benzene rings is 1. The Labute approximate surface area is 177 Å². The third-order valence-electron chi connectivity index (χ3n) is 6.25. The van der Waals surface area contributed by atoms with Crippen LogP contribution in [0.3, 0.4) is 0 Å². The van der Waals surface area contributed by atoms with Crippen LogP contribution in [-0.4, -0.2) is 41.1 Å². The highest BCUT2D eigenvalue weighted by molar-refractivity contribution is 6.03. The third kappa shape index (κ3) is 3.39. The third-order valence-corrected chi connectivity index (χ3v) is 6.25. The summed E-state index contributed by atoms with van der Waals surface area (Å²) in [5.41, 5.74) is 7.52. The van der Waals surface area contributed by atoms with Crippen molar-refractivity contribution in [1.29, 1.82) is 0 Å². The lowest BCUT2D eigenvalue weighted by Crippen LogP contribution is -2.27. The van der Waals surface area contributed by atoms with E-state index in [4.69, 9.17) is 4.74 Å². The highest BCUT2D eigenvalue weighted by Crippen LogP contribution is 2.37. The van der Waals surface area contributed by atoms with Crippen LogP contribution < -0.4 is 10.1 Å². The van der Waals surface area contributed by atoms with Gasteiger partial charge in [0.05, 0.1) is 24.9 Å². The van der Waals surface area contributed by atoms with Crippen molar-refractivity contribution in [3.63, 3.8) is 0 Å². The zero-order chi connectivity index (χ0) is 20.7. The number of pyridine rings is 1. The van der Waals surface area contributed by atoms with Gasteiger partial charge < -0.3 is 15.0 Å². The summed E-state index contributed by atoms with van der Waals surface area (Å²) in [6.07, 6.45) is 9.85. The van der Waals surface area contributed by atoms with Crippen LogP contribution in [0.15, 0.2) is 42.6 Å². The highest BCUT2D eigenvalue weighted by atomic mass is 16.5. The Kier molecular flexibility index (Phi) is 4.83. The van der Waals surface area contributed by atoms with Crippen LogP contribution >= 0.6 is 0 Å². The van der Waals surface area contributed by atoms with Crippen molar-refractivity contribution in [3.8, 4) is 5.88 Å². The minimum absolute atomic E-state index is 0.220. The Bertz CT molecular complexity index is 1160. The molecule has 5 rings (SSSR count). The van der Waals surface area contributed by atoms with Crippen LogP contribution in [0.5, 0.6) is 5.88 Å². The van der Waals surface area contributed by atoms with Gasteiger partial charge in [-0.05, 0) is 48.6 Å². The number of aryl methyl sites for hydroxylation is 1. The van der Waals surface area contributed by atoms with Gasteiger partial charge in [-0.1, -0.05) is 30.4 Å². The van der Waals surface area contributed by atoms with Gasteiger partial charge in [-0.25, -0.2) is 4.98 Å². The molecule has 154 valence electrons. The fourth-order valence-electron chi connectivity index (χ4n) is 4.51. The summed E-state index contributed by atoms with van der Waals surface area (Å²) in [6.45, 7) is 7.65. The van der Waals surface area contributed by atoms with Gasteiger partial charge in [-0.3, -0.25) is 4.90 Å². The molecule has 3 aromatic rings. The summed E-state index contributed by atoms with van der Waals surface area (Å²) in [5, 5.41) is 4.75. The van der Waals surface area contributed by atoms with E-state index in [9.17, 15) is 0 Å². The summed E-state index contributed by atoms with van der Waals surface area (Å²) in [7, 11) is 1.65. The molecular formula is C25H28N4O. The van der Waals surface area contributed by atoms with Gasteiger partial charge in [0.1, 0.15) is 5.82 Å². The van der Waals surface area contributed by atoms with Crippen molar-refractivity contribution < 1.29 is 4.74 Å². The van der Waals surface area contributed by atoms with Gasteiger partial charge in [-0.15, -0.1) is 0 Å². The number of rotatable bonds is 4. The van der Waals surface area contributed by atoms with Gasteiger partial charge in [-0.2, -0.15) is 0 Å². The van der Waals surface area contributed by atoms with E-state index in [-0.39, 0.29) is 6.04 Å². The van der Waals surface area contributed by atoms with Crippen LogP contribution in [0.1, 0.15) is 35.6 Å². The number of methoxy groups -OCH3 is 1. The molecule has 0 saturated heterocycles. The molecule has 2 N–H and O–H groups in total. The summed E-state index contributed by atoms with van der Waals surface area (Å²) in [4.78, 5) is 10.3. The number of H-pyrrole nitrogens is 1. The lowest BCUT2D eigenvalue weighted by molar-refractivity contribution is 0.290. The summed E-state index contributed by atoms with van der Waals surface area (Å²) in [6, 6.07) is 9.12. The van der Waals surface area contributed by atoms with Crippen molar-refractivity contribution >= 4 is 28.4 Å². The molecule has 0 amide bonds. The van der Waals surface area contributed by atoms with Crippen LogP contribution in [-0.2, 0) is 6.54 Å². The van der Waals surface area contributed by atoms with E-state index in [0.29, 0.717) is 5.88 Å². The van der Waals surface area contributed by atoms with Crippen molar-refractivity contribution in [3.05, 3.63) is 64.9 Å². The fourth-order valence-corrected chi connectivity index (χ4v) is 4.51. The quantitative estimate of drug-likeness (QED) is 0.606. The van der Waals surface area contributed by atoms with Crippen molar-refractivity contribution in [2.24, 2.45) is 0 Å². The number of hydrogen-bond acceptors (Lipinski definition) is 4. The maximum atomic E-state index is 5.33. The number of hydrogen-bond donors (Lipinski definition) is 2. The molecule has 0 radical (unpaired) electrons. The molecule has 5 nitrogen and oxygen atoms in total. The zero-order valence-corrected chi connectivity index (χ0v) is 17.8. The second-order valence-electron chi connectivity index (χ2n) is 8.29. The predicted molar refractivity (Wildman–Crippen MR) is 124 cm³/mol. The molecule has 0 fully saturated rings. The summed E-state index contributed by atoms with van der Waals surface area (Å²) >= 11 is 0. The largest absolute Gasteiger partial charge is 0.481 e. The first-order chi connectivity index (χ1) is 14.6. The molecule has 2 aromatic heterocycles. The molecule has 0 aliphatic carbocycles. The van der Waals surface area contributed by atoms with Crippen LogP contribution in [0.2, 0.25) is 0 Å². The first-order valence-corrected chi connectivity index (χ1v) is 10.6. The molecule has 2 aliphatic heterocycles. The monoisotopic (exact) mass is 400 g/mol. The van der Waals surface area contributed by atoms with E-state index >= 15 is 0 Å². The standard InChI is InChI=1S/C25H28N4O/c1-16-11-18(7-8-19(16)15-29-9-5-4-6-10-29)20-12-22-21-13-24(30-3)26-14-23(21)28-25(22)27-17(20)2/h4-5,7-8,11-14,17,27-28H,6,9-10,15H2,1-3H3. The van der Waals surface area contributed by atoms with Gasteiger partial charge in [0.15, 0.2) is 0 Å². The molecule has 1 atom stereocenters. The van der Waals surface area contributed by atoms with E-state index in [1.807, 2.05) is 12.3 Å². The Morgan fingerprint density at radius 1 is 1.23 bits per heavy atom. The molecule has 1 unspecified atom stereocenters. The lowest BCUT2D eigenvalue weighted by Gasteiger charge is -2.26. The van der Waals surface area contributed by atoms with Crippen LogP contribution in [0.4, 0.5) is 5.82 Å². The average molecular weight is 401 g/mol. The van der Waals surface area contributed by atoms with E-state index in [1.54, 1.807) is 7.11 Å². The van der Waals surface area contributed by atoms with Gasteiger partial charge in [0.2, 0.25) is 5.88 Å². The topological polar surface area (TPSA) is 53.2 Å². The molecule has 0 spiro atoms. The number of anilines is 1. The number of fused-ring (bicyclic) bond motifs is 3. The number of ether oxygens (including phenoxy) is 1. The van der Waals surface area contributed by atoms with Gasteiger partial charge in [0.25, 0.3) is 0 Å². The van der Waals surface area contributed by atoms with Crippen LogP contribution in [0.25, 0.3) is 22.6 Å². The average Bonchev–Trinajstić information content (AvgIpc) is 3.11. The second-order valence-corrected chi connectivity index (χ2v) is 8.29. The molecule has 5 heteroatoms. The molecule has 1 aromatic carbocycles. The SMILES string of the molecule is COc1cc2c3c([nH]c2cn1)NC(C)C(c1ccc(CN2CC=CCC2)c(C)c1)=C3. The predicted octanol–water partition coefficient (Wildman–Crippen LogP) is 5.00. The van der Waals surface area contributed by atoms with Crippen LogP contribution in [0, 0.1) is 6.92 Å². The first-order valence-electron chi connectivity index (χ1n) is 10.6. The Morgan fingerprint density at radius 2 is 2.13 bits per heavy atom. The smallest absolute Gasteiger partial charge is 0.213 e. The molecule has 2 aliphatic rings. The maximum Gasteiger partial charge on any atom is 0.213 e. The number of nitrogens with one attached hydrogen (secondary N) is 2. The van der Waals surface area contributed by atoms with E-state index in [1.165, 1.54) is 27.8 Å². The molecule has 30 heavy (non-hydrogen) atoms. The Balaban J connectivity index is 1.49. The van der Waals surface area contributed by atoms with E-state index in [2.05, 4.69) is 70.5 Å². The first kappa shape index (κ1) is 18.9. The highest BCUT2D eigenvalue weighted by Gasteiger charge is 2.22. The minimum Gasteiger partial charge on any atom is -0.481 e. The zero-order valence-electron chi connectivity index (χ0n) is 17.8. The van der Waals surface area contributed by atoms with E-state index in [0.717, 1.165) is 42.8 Å². The van der Waals surface area contributed by atoms with Crippen molar-refractivity contribution in [1.82, 2.24) is 14.9 Å². The Hall–Kier alpha value is -3.05. The number of nitrogens with zero attached hydrogens (tertiary/aromatic N) is 2. The second kappa shape index (κ2) is 7.65. The number of aromatic nitrogens is 2. The van der Waals surface area contributed by atoms with E-state index < -0.39 is 0 Å². The fraction of sp³-hybridized carbons (Fsp3) is 0.320. The molecule has 4 heterocycles. The molecule has 0 saturated carbocycles. The van der Waals surface area contributed by atoms with Crippen molar-refractivity contribution in [2.45, 2.75) is 32.9 Å². The summed E-state index contributed by atoms with van der Waals surface area (Å²) in [5.74, 6) is 1.67. The normalized spacial score (nSPS) is 18.8. The summed E-state index contributed by atoms with van der Waals surface area (Å²) < 4.78 is 5.33. The molecule has 0 bridgehead atoms. The minimum atomic E-state index is 0.220. The molecular weight excluding hydrogens is 372 g/mol.